The second-order valence-electron chi connectivity index (χ2n) is 4.89. The van der Waals surface area contributed by atoms with Crippen molar-refractivity contribution in [2.24, 2.45) is 5.73 Å². The number of carbonyl (C=O) groups excluding carboxylic acids is 1. The topological polar surface area (TPSA) is 73.6 Å². The first-order valence-electron chi connectivity index (χ1n) is 7.01. The van der Waals surface area contributed by atoms with Crippen molar-refractivity contribution >= 4 is 5.91 Å². The van der Waals surface area contributed by atoms with Crippen LogP contribution in [0.4, 0.5) is 0 Å². The SMILES string of the molecule is CCOOCC(N)CCCC1CCCCC(=O)N1. The third-order valence-corrected chi connectivity index (χ3v) is 3.18. The molecule has 0 spiro atoms. The molecular formula is C13H26N2O3. The fourth-order valence-corrected chi connectivity index (χ4v) is 2.19. The van der Waals surface area contributed by atoms with Crippen LogP contribution in [0.25, 0.3) is 0 Å². The van der Waals surface area contributed by atoms with Crippen molar-refractivity contribution < 1.29 is 14.6 Å². The Morgan fingerprint density at radius 1 is 1.44 bits per heavy atom. The highest BCUT2D eigenvalue weighted by Gasteiger charge is 2.16. The van der Waals surface area contributed by atoms with Gasteiger partial charge in [-0.3, -0.25) is 4.79 Å². The van der Waals surface area contributed by atoms with Crippen LogP contribution in [0.2, 0.25) is 0 Å². The summed E-state index contributed by atoms with van der Waals surface area (Å²) in [6, 6.07) is 0.345. The molecule has 18 heavy (non-hydrogen) atoms. The predicted octanol–water partition coefficient (Wildman–Crippen LogP) is 1.51. The minimum Gasteiger partial charge on any atom is -0.353 e. The Morgan fingerprint density at radius 3 is 3.06 bits per heavy atom. The lowest BCUT2D eigenvalue weighted by Crippen LogP contribution is -2.33. The highest BCUT2D eigenvalue weighted by atomic mass is 17.2. The molecule has 0 radical (unpaired) electrons. The molecule has 0 aromatic rings. The van der Waals surface area contributed by atoms with E-state index >= 15 is 0 Å². The second kappa shape index (κ2) is 9.30. The smallest absolute Gasteiger partial charge is 0.220 e. The van der Waals surface area contributed by atoms with E-state index in [-0.39, 0.29) is 11.9 Å². The van der Waals surface area contributed by atoms with Gasteiger partial charge in [0.15, 0.2) is 0 Å². The molecule has 2 unspecified atom stereocenters. The molecule has 1 aliphatic rings. The van der Waals surface area contributed by atoms with Gasteiger partial charge in [0, 0.05) is 18.5 Å². The van der Waals surface area contributed by atoms with E-state index in [1.54, 1.807) is 0 Å². The number of nitrogens with two attached hydrogens (primary N) is 1. The summed E-state index contributed by atoms with van der Waals surface area (Å²) in [5, 5.41) is 3.07. The van der Waals surface area contributed by atoms with Gasteiger partial charge in [-0.25, -0.2) is 9.78 Å². The van der Waals surface area contributed by atoms with Gasteiger partial charge in [0.2, 0.25) is 5.91 Å². The summed E-state index contributed by atoms with van der Waals surface area (Å²) in [7, 11) is 0. The molecule has 1 fully saturated rings. The number of carbonyl (C=O) groups is 1. The quantitative estimate of drug-likeness (QED) is 0.393. The highest BCUT2D eigenvalue weighted by molar-refractivity contribution is 5.76. The summed E-state index contributed by atoms with van der Waals surface area (Å²) >= 11 is 0. The zero-order valence-corrected chi connectivity index (χ0v) is 11.3. The summed E-state index contributed by atoms with van der Waals surface area (Å²) in [6.45, 7) is 2.85. The largest absolute Gasteiger partial charge is 0.353 e. The maximum atomic E-state index is 11.4. The van der Waals surface area contributed by atoms with E-state index in [4.69, 9.17) is 15.5 Å². The minimum absolute atomic E-state index is 0.0121. The fraction of sp³-hybridized carbons (Fsp3) is 0.923. The Balaban J connectivity index is 2.06. The molecule has 1 rings (SSSR count). The lowest BCUT2D eigenvalue weighted by molar-refractivity contribution is -0.293. The van der Waals surface area contributed by atoms with Crippen molar-refractivity contribution in [2.45, 2.75) is 64.0 Å². The Bertz CT molecular complexity index is 236. The van der Waals surface area contributed by atoms with Gasteiger partial charge < -0.3 is 11.1 Å². The number of rotatable bonds is 8. The number of hydrogen-bond acceptors (Lipinski definition) is 4. The summed E-state index contributed by atoms with van der Waals surface area (Å²) in [5.41, 5.74) is 5.90. The molecule has 3 N–H and O–H groups in total. The van der Waals surface area contributed by atoms with Gasteiger partial charge in [0.1, 0.15) is 0 Å². The molecule has 1 aliphatic heterocycles. The third-order valence-electron chi connectivity index (χ3n) is 3.18. The van der Waals surface area contributed by atoms with Gasteiger partial charge in [0.05, 0.1) is 13.2 Å². The molecule has 0 aromatic heterocycles. The van der Waals surface area contributed by atoms with Crippen LogP contribution in [0.15, 0.2) is 0 Å². The number of amides is 1. The van der Waals surface area contributed by atoms with Crippen LogP contribution in [0.3, 0.4) is 0 Å². The average Bonchev–Trinajstić information content (AvgIpc) is 2.54. The number of hydrogen-bond donors (Lipinski definition) is 2. The van der Waals surface area contributed by atoms with E-state index in [2.05, 4.69) is 5.32 Å². The van der Waals surface area contributed by atoms with Crippen molar-refractivity contribution in [1.29, 1.82) is 0 Å². The van der Waals surface area contributed by atoms with Crippen molar-refractivity contribution in [1.82, 2.24) is 5.32 Å². The molecule has 2 atom stereocenters. The van der Waals surface area contributed by atoms with Gasteiger partial charge >= 0.3 is 0 Å². The van der Waals surface area contributed by atoms with Crippen LogP contribution in [0, 0.1) is 0 Å². The van der Waals surface area contributed by atoms with E-state index in [0.29, 0.717) is 25.7 Å². The lowest BCUT2D eigenvalue weighted by atomic mass is 10.0. The van der Waals surface area contributed by atoms with Crippen LogP contribution < -0.4 is 11.1 Å². The molecule has 5 heteroatoms. The van der Waals surface area contributed by atoms with E-state index in [0.717, 1.165) is 38.5 Å². The average molecular weight is 258 g/mol. The van der Waals surface area contributed by atoms with E-state index in [1.807, 2.05) is 6.92 Å². The van der Waals surface area contributed by atoms with E-state index in [1.165, 1.54) is 0 Å². The Morgan fingerprint density at radius 2 is 2.28 bits per heavy atom. The highest BCUT2D eigenvalue weighted by Crippen LogP contribution is 2.14. The Labute approximate surface area is 109 Å². The Hall–Kier alpha value is -0.650. The Kier molecular flexibility index (Phi) is 7.96. The van der Waals surface area contributed by atoms with Crippen LogP contribution in [-0.2, 0) is 14.6 Å². The maximum Gasteiger partial charge on any atom is 0.220 e. The molecule has 0 aliphatic carbocycles. The first kappa shape index (κ1) is 15.4. The van der Waals surface area contributed by atoms with Gasteiger partial charge in [-0.1, -0.05) is 6.42 Å². The van der Waals surface area contributed by atoms with Crippen molar-refractivity contribution in [3.05, 3.63) is 0 Å². The summed E-state index contributed by atoms with van der Waals surface area (Å²) in [6.07, 6.45) is 6.86. The molecule has 106 valence electrons. The monoisotopic (exact) mass is 258 g/mol. The molecule has 0 bridgehead atoms. The molecule has 5 nitrogen and oxygen atoms in total. The van der Waals surface area contributed by atoms with Crippen molar-refractivity contribution in [2.75, 3.05) is 13.2 Å². The molecule has 1 amide bonds. The first-order valence-corrected chi connectivity index (χ1v) is 7.01. The first-order chi connectivity index (χ1) is 8.72. The van der Waals surface area contributed by atoms with Crippen LogP contribution in [-0.4, -0.2) is 31.2 Å². The summed E-state index contributed by atoms with van der Waals surface area (Å²) in [5.74, 6) is 0.196. The predicted molar refractivity (Wildman–Crippen MR) is 69.8 cm³/mol. The normalized spacial score (nSPS) is 22.3. The van der Waals surface area contributed by atoms with E-state index in [9.17, 15) is 4.79 Å². The zero-order valence-electron chi connectivity index (χ0n) is 11.3. The lowest BCUT2D eigenvalue weighted by Gasteiger charge is -2.17. The molecule has 1 saturated heterocycles. The number of nitrogens with one attached hydrogen (secondary N) is 1. The van der Waals surface area contributed by atoms with Gasteiger partial charge in [-0.2, -0.15) is 0 Å². The van der Waals surface area contributed by atoms with E-state index < -0.39 is 0 Å². The minimum atomic E-state index is 0.0121. The van der Waals surface area contributed by atoms with Crippen LogP contribution in [0.1, 0.15) is 51.9 Å². The van der Waals surface area contributed by atoms with Crippen LogP contribution in [0.5, 0.6) is 0 Å². The summed E-state index contributed by atoms with van der Waals surface area (Å²) < 4.78 is 0. The maximum absolute atomic E-state index is 11.4. The second-order valence-corrected chi connectivity index (χ2v) is 4.89. The van der Waals surface area contributed by atoms with Gasteiger partial charge in [-0.05, 0) is 39.0 Å². The third kappa shape index (κ3) is 6.93. The molecular weight excluding hydrogens is 232 g/mol. The van der Waals surface area contributed by atoms with Gasteiger partial charge in [-0.15, -0.1) is 0 Å². The van der Waals surface area contributed by atoms with Crippen molar-refractivity contribution in [3.8, 4) is 0 Å². The van der Waals surface area contributed by atoms with Gasteiger partial charge in [0.25, 0.3) is 0 Å². The zero-order chi connectivity index (χ0) is 13.2. The fourth-order valence-electron chi connectivity index (χ4n) is 2.19. The summed E-state index contributed by atoms with van der Waals surface area (Å²) in [4.78, 5) is 21.1. The molecule has 0 aromatic carbocycles. The van der Waals surface area contributed by atoms with Crippen molar-refractivity contribution in [3.63, 3.8) is 0 Å². The standard InChI is InChI=1S/C13H26N2O3/c1-2-17-18-10-11(14)6-5-8-12-7-3-4-9-13(16)15-12/h11-12H,2-10,14H2,1H3,(H,15,16). The molecule has 1 heterocycles. The molecule has 0 saturated carbocycles. The van der Waals surface area contributed by atoms with Crippen LogP contribution >= 0.6 is 0 Å².